The Labute approximate surface area is 150 Å². The molecule has 0 bridgehead atoms. The van der Waals surface area contributed by atoms with Gasteiger partial charge in [0.05, 0.1) is 17.4 Å². The quantitative estimate of drug-likeness (QED) is 0.705. The van der Waals surface area contributed by atoms with Crippen LogP contribution in [0.25, 0.3) is 0 Å². The topological polar surface area (TPSA) is 97.9 Å². The summed E-state index contributed by atoms with van der Waals surface area (Å²) in [6.45, 7) is 2.18. The summed E-state index contributed by atoms with van der Waals surface area (Å²) in [5.41, 5.74) is 2.21. The predicted octanol–water partition coefficient (Wildman–Crippen LogP) is 2.17. The average molecular weight is 352 g/mol. The summed E-state index contributed by atoms with van der Waals surface area (Å²) in [5, 5.41) is 25.2. The number of rotatable bonds is 6. The minimum atomic E-state index is -0.915. The first kappa shape index (κ1) is 16.3. The first-order valence-electron chi connectivity index (χ1n) is 8.68. The van der Waals surface area contributed by atoms with Gasteiger partial charge in [-0.2, -0.15) is 5.10 Å². The van der Waals surface area contributed by atoms with E-state index in [-0.39, 0.29) is 0 Å². The van der Waals surface area contributed by atoms with Crippen LogP contribution in [0.15, 0.2) is 36.7 Å². The summed E-state index contributed by atoms with van der Waals surface area (Å²) in [6, 6.07) is 6.83. The summed E-state index contributed by atoms with van der Waals surface area (Å²) in [4.78, 5) is 10.9. The Bertz CT molecular complexity index is 912. The third-order valence-electron chi connectivity index (χ3n) is 4.57. The van der Waals surface area contributed by atoms with E-state index in [4.69, 9.17) is 5.11 Å². The number of aromatic carboxylic acids is 1. The van der Waals surface area contributed by atoms with E-state index in [1.807, 2.05) is 23.0 Å². The number of aromatic nitrogens is 5. The van der Waals surface area contributed by atoms with Crippen LogP contribution in [0.1, 0.15) is 40.4 Å². The highest BCUT2D eigenvalue weighted by Crippen LogP contribution is 2.16. The molecule has 0 saturated heterocycles. The van der Waals surface area contributed by atoms with Gasteiger partial charge in [-0.1, -0.05) is 12.1 Å². The zero-order valence-corrected chi connectivity index (χ0v) is 14.3. The number of nitrogens with one attached hydrogen (secondary N) is 1. The van der Waals surface area contributed by atoms with Crippen LogP contribution in [0.3, 0.4) is 0 Å². The van der Waals surface area contributed by atoms with Crippen molar-refractivity contribution in [3.8, 4) is 0 Å². The first-order chi connectivity index (χ1) is 12.7. The molecule has 2 N–H and O–H groups in total. The number of fused-ring (bicyclic) bond motifs is 1. The smallest absolute Gasteiger partial charge is 0.335 e. The van der Waals surface area contributed by atoms with E-state index in [9.17, 15) is 4.79 Å². The molecule has 8 heteroatoms. The van der Waals surface area contributed by atoms with Gasteiger partial charge in [-0.15, -0.1) is 10.2 Å². The van der Waals surface area contributed by atoms with E-state index in [2.05, 4.69) is 25.2 Å². The van der Waals surface area contributed by atoms with Crippen LogP contribution in [0.4, 0.5) is 5.69 Å². The minimum absolute atomic E-state index is 0.290. The van der Waals surface area contributed by atoms with Crippen LogP contribution in [-0.2, 0) is 26.1 Å². The molecule has 0 spiro atoms. The maximum atomic E-state index is 10.9. The summed E-state index contributed by atoms with van der Waals surface area (Å²) < 4.78 is 4.05. The second kappa shape index (κ2) is 6.99. The number of carbonyl (C=O) groups is 1. The second-order valence-corrected chi connectivity index (χ2v) is 6.42. The summed E-state index contributed by atoms with van der Waals surface area (Å²) >= 11 is 0. The van der Waals surface area contributed by atoms with Gasteiger partial charge in [0.15, 0.2) is 5.82 Å². The first-order valence-corrected chi connectivity index (χ1v) is 8.68. The normalized spacial score (nSPS) is 13.4. The van der Waals surface area contributed by atoms with Crippen molar-refractivity contribution >= 4 is 11.7 Å². The zero-order chi connectivity index (χ0) is 17.9. The van der Waals surface area contributed by atoms with E-state index < -0.39 is 5.97 Å². The van der Waals surface area contributed by atoms with Crippen molar-refractivity contribution in [3.05, 3.63) is 59.4 Å². The molecular formula is C18H20N6O2. The Hall–Kier alpha value is -3.16. The van der Waals surface area contributed by atoms with E-state index in [1.165, 1.54) is 12.8 Å². The van der Waals surface area contributed by atoms with Crippen LogP contribution in [0.5, 0.6) is 0 Å². The van der Waals surface area contributed by atoms with E-state index >= 15 is 0 Å². The van der Waals surface area contributed by atoms with Crippen LogP contribution in [-0.4, -0.2) is 35.6 Å². The lowest BCUT2D eigenvalue weighted by molar-refractivity contribution is 0.0697. The van der Waals surface area contributed by atoms with Gasteiger partial charge in [0.2, 0.25) is 0 Å². The molecule has 3 heterocycles. The molecule has 26 heavy (non-hydrogen) atoms. The molecule has 0 aliphatic carbocycles. The van der Waals surface area contributed by atoms with E-state index in [1.54, 1.807) is 18.3 Å². The van der Waals surface area contributed by atoms with E-state index in [0.717, 1.165) is 35.9 Å². The van der Waals surface area contributed by atoms with Crippen LogP contribution >= 0.6 is 0 Å². The van der Waals surface area contributed by atoms with Gasteiger partial charge in [-0.25, -0.2) is 4.79 Å². The van der Waals surface area contributed by atoms with Crippen molar-refractivity contribution in [2.24, 2.45) is 0 Å². The Morgan fingerprint density at radius 3 is 2.85 bits per heavy atom. The predicted molar refractivity (Wildman–Crippen MR) is 95.0 cm³/mol. The Morgan fingerprint density at radius 2 is 2.04 bits per heavy atom. The van der Waals surface area contributed by atoms with Gasteiger partial charge in [0.1, 0.15) is 12.4 Å². The average Bonchev–Trinajstić information content (AvgIpc) is 3.28. The SMILES string of the molecule is O=C(O)c1ccc(CNc2cnn(Cc3nnc4n3CCCC4)c2)cc1. The molecule has 0 amide bonds. The Kier molecular flexibility index (Phi) is 4.39. The summed E-state index contributed by atoms with van der Waals surface area (Å²) in [7, 11) is 0. The minimum Gasteiger partial charge on any atom is -0.478 e. The van der Waals surface area contributed by atoms with Crippen LogP contribution in [0, 0.1) is 0 Å². The molecule has 4 rings (SSSR count). The van der Waals surface area contributed by atoms with Crippen molar-refractivity contribution in [3.63, 3.8) is 0 Å². The number of hydrogen-bond donors (Lipinski definition) is 2. The number of anilines is 1. The lowest BCUT2D eigenvalue weighted by atomic mass is 10.1. The molecule has 2 aromatic heterocycles. The van der Waals surface area contributed by atoms with Crippen molar-refractivity contribution < 1.29 is 9.90 Å². The number of carboxylic acids is 1. The molecule has 0 atom stereocenters. The van der Waals surface area contributed by atoms with Crippen molar-refractivity contribution in [2.75, 3.05) is 5.32 Å². The van der Waals surface area contributed by atoms with Gasteiger partial charge in [-0.3, -0.25) is 4.68 Å². The van der Waals surface area contributed by atoms with Crippen LogP contribution in [0.2, 0.25) is 0 Å². The number of carboxylic acid groups (broad SMARTS) is 1. The molecule has 1 aromatic carbocycles. The molecule has 8 nitrogen and oxygen atoms in total. The highest BCUT2D eigenvalue weighted by atomic mass is 16.4. The Morgan fingerprint density at radius 1 is 1.19 bits per heavy atom. The fraction of sp³-hybridized carbons (Fsp3) is 0.333. The molecule has 1 aliphatic rings. The van der Waals surface area contributed by atoms with Gasteiger partial charge in [0, 0.05) is 25.7 Å². The van der Waals surface area contributed by atoms with Gasteiger partial charge >= 0.3 is 5.97 Å². The van der Waals surface area contributed by atoms with Crippen molar-refractivity contribution in [1.82, 2.24) is 24.5 Å². The van der Waals surface area contributed by atoms with E-state index in [0.29, 0.717) is 18.7 Å². The van der Waals surface area contributed by atoms with Crippen molar-refractivity contribution in [1.29, 1.82) is 0 Å². The maximum Gasteiger partial charge on any atom is 0.335 e. The monoisotopic (exact) mass is 352 g/mol. The lowest BCUT2D eigenvalue weighted by Crippen LogP contribution is -2.15. The highest BCUT2D eigenvalue weighted by molar-refractivity contribution is 5.87. The van der Waals surface area contributed by atoms with Gasteiger partial charge in [0.25, 0.3) is 0 Å². The third-order valence-corrected chi connectivity index (χ3v) is 4.57. The second-order valence-electron chi connectivity index (χ2n) is 6.42. The summed E-state index contributed by atoms with van der Waals surface area (Å²) in [5.74, 6) is 1.10. The lowest BCUT2D eigenvalue weighted by Gasteiger charge is -2.14. The van der Waals surface area contributed by atoms with Crippen molar-refractivity contribution in [2.45, 2.75) is 38.9 Å². The molecule has 0 fully saturated rings. The van der Waals surface area contributed by atoms with Crippen LogP contribution < -0.4 is 5.32 Å². The molecule has 3 aromatic rings. The van der Waals surface area contributed by atoms with Gasteiger partial charge in [-0.05, 0) is 30.5 Å². The third kappa shape index (κ3) is 3.44. The number of hydrogen-bond acceptors (Lipinski definition) is 5. The summed E-state index contributed by atoms with van der Waals surface area (Å²) in [6.07, 6.45) is 7.07. The largest absolute Gasteiger partial charge is 0.478 e. The zero-order valence-electron chi connectivity index (χ0n) is 14.3. The molecule has 0 radical (unpaired) electrons. The standard InChI is InChI=1S/C18H20N6O2/c25-18(26)14-6-4-13(5-7-14)9-19-15-10-20-23(11-15)12-17-22-21-16-3-1-2-8-24(16)17/h4-7,10-11,19H,1-3,8-9,12H2,(H,25,26). The number of aryl methyl sites for hydroxylation is 1. The fourth-order valence-corrected chi connectivity index (χ4v) is 3.14. The highest BCUT2D eigenvalue weighted by Gasteiger charge is 2.16. The molecule has 0 saturated carbocycles. The number of benzene rings is 1. The molecule has 1 aliphatic heterocycles. The Balaban J connectivity index is 1.37. The number of nitrogens with zero attached hydrogens (tertiary/aromatic N) is 5. The maximum absolute atomic E-state index is 10.9. The fourth-order valence-electron chi connectivity index (χ4n) is 3.14. The molecule has 134 valence electrons. The van der Waals surface area contributed by atoms with Gasteiger partial charge < -0.3 is 15.0 Å². The molecular weight excluding hydrogens is 332 g/mol. The molecule has 0 unspecified atom stereocenters.